The molecule has 0 aliphatic heterocycles. The molecule has 7 heteroatoms. The molecule has 3 aromatic heterocycles. The summed E-state index contributed by atoms with van der Waals surface area (Å²) in [6.45, 7) is 0. The zero-order valence-electron chi connectivity index (χ0n) is 13.4. The van der Waals surface area contributed by atoms with Crippen molar-refractivity contribution in [2.45, 2.75) is 0 Å². The summed E-state index contributed by atoms with van der Waals surface area (Å²) in [5.74, 6) is 1.57. The lowest BCUT2D eigenvalue weighted by Crippen LogP contribution is -1.97. The first-order valence-electron chi connectivity index (χ1n) is 7.63. The molecule has 0 fully saturated rings. The normalized spacial score (nSPS) is 10.8. The highest BCUT2D eigenvalue weighted by Gasteiger charge is 2.10. The van der Waals surface area contributed by atoms with Gasteiger partial charge < -0.3 is 15.2 Å². The topological polar surface area (TPSA) is 84.6 Å². The first kappa shape index (κ1) is 14.9. The predicted octanol–water partition coefficient (Wildman–Crippen LogP) is 3.25. The summed E-state index contributed by atoms with van der Waals surface area (Å²) < 4.78 is 6.94. The summed E-state index contributed by atoms with van der Waals surface area (Å²) in [5.41, 5.74) is 3.28. The lowest BCUT2D eigenvalue weighted by molar-refractivity contribution is 0.413. The standard InChI is InChI=1S/C18H15N5O2/c1-25-15-8-12(9-19-10-15)16-11-20-23-7-6-17(22-18(16)23)21-13-2-4-14(24)5-3-13/h2-11,24H,1H3,(H,21,22). The molecule has 0 radical (unpaired) electrons. The molecule has 0 saturated carbocycles. The molecule has 0 bridgehead atoms. The highest BCUT2D eigenvalue weighted by molar-refractivity contribution is 5.78. The maximum atomic E-state index is 9.37. The van der Waals surface area contributed by atoms with Crippen molar-refractivity contribution in [1.82, 2.24) is 19.6 Å². The van der Waals surface area contributed by atoms with Crippen LogP contribution >= 0.6 is 0 Å². The average molecular weight is 333 g/mol. The summed E-state index contributed by atoms with van der Waals surface area (Å²) in [6, 6.07) is 10.5. The Labute approximate surface area is 143 Å². The van der Waals surface area contributed by atoms with Crippen molar-refractivity contribution >= 4 is 17.2 Å². The van der Waals surface area contributed by atoms with Crippen molar-refractivity contribution in [3.05, 3.63) is 61.2 Å². The van der Waals surface area contributed by atoms with Crippen molar-refractivity contribution in [1.29, 1.82) is 0 Å². The number of hydrogen-bond acceptors (Lipinski definition) is 6. The number of nitrogens with zero attached hydrogens (tertiary/aromatic N) is 4. The van der Waals surface area contributed by atoms with Crippen molar-refractivity contribution in [3.63, 3.8) is 0 Å². The number of ether oxygens (including phenoxy) is 1. The third-order valence-corrected chi connectivity index (χ3v) is 3.77. The molecule has 0 atom stereocenters. The fourth-order valence-electron chi connectivity index (χ4n) is 2.51. The molecule has 0 aliphatic carbocycles. The van der Waals surface area contributed by atoms with E-state index in [1.807, 2.05) is 18.3 Å². The molecule has 2 N–H and O–H groups in total. The number of aromatic nitrogens is 4. The number of anilines is 2. The van der Waals surface area contributed by atoms with Gasteiger partial charge in [-0.2, -0.15) is 5.10 Å². The van der Waals surface area contributed by atoms with Crippen LogP contribution in [0.2, 0.25) is 0 Å². The van der Waals surface area contributed by atoms with Crippen LogP contribution in [-0.4, -0.2) is 31.8 Å². The Morgan fingerprint density at radius 1 is 1.08 bits per heavy atom. The van der Waals surface area contributed by atoms with Gasteiger partial charge in [-0.15, -0.1) is 0 Å². The van der Waals surface area contributed by atoms with E-state index in [1.54, 1.807) is 54.5 Å². The van der Waals surface area contributed by atoms with E-state index >= 15 is 0 Å². The van der Waals surface area contributed by atoms with Gasteiger partial charge in [0.25, 0.3) is 0 Å². The second-order valence-corrected chi connectivity index (χ2v) is 5.42. The van der Waals surface area contributed by atoms with Crippen molar-refractivity contribution in [2.75, 3.05) is 12.4 Å². The van der Waals surface area contributed by atoms with Crippen LogP contribution in [0.4, 0.5) is 11.5 Å². The average Bonchev–Trinajstić information content (AvgIpc) is 3.07. The second-order valence-electron chi connectivity index (χ2n) is 5.42. The maximum absolute atomic E-state index is 9.37. The SMILES string of the molecule is COc1cncc(-c2cnn3ccc(Nc4ccc(O)cc4)nc23)c1. The highest BCUT2D eigenvalue weighted by Crippen LogP contribution is 2.27. The van der Waals surface area contributed by atoms with Crippen molar-refractivity contribution in [3.8, 4) is 22.6 Å². The lowest BCUT2D eigenvalue weighted by atomic mass is 10.1. The quantitative estimate of drug-likeness (QED) is 0.558. The number of hydrogen-bond donors (Lipinski definition) is 2. The number of methoxy groups -OCH3 is 1. The third-order valence-electron chi connectivity index (χ3n) is 3.77. The monoisotopic (exact) mass is 333 g/mol. The number of fused-ring (bicyclic) bond motifs is 1. The van der Waals surface area contributed by atoms with E-state index in [4.69, 9.17) is 4.74 Å². The number of rotatable bonds is 4. The minimum Gasteiger partial charge on any atom is -0.508 e. The van der Waals surface area contributed by atoms with Crippen LogP contribution in [0.15, 0.2) is 61.2 Å². The Kier molecular flexibility index (Phi) is 3.66. The van der Waals surface area contributed by atoms with Crippen LogP contribution < -0.4 is 10.1 Å². The fraction of sp³-hybridized carbons (Fsp3) is 0.0556. The van der Waals surface area contributed by atoms with Gasteiger partial charge in [-0.1, -0.05) is 0 Å². The molecular weight excluding hydrogens is 318 g/mol. The number of nitrogens with one attached hydrogen (secondary N) is 1. The van der Waals surface area contributed by atoms with Gasteiger partial charge >= 0.3 is 0 Å². The third kappa shape index (κ3) is 2.94. The fourth-order valence-corrected chi connectivity index (χ4v) is 2.51. The zero-order valence-corrected chi connectivity index (χ0v) is 13.4. The van der Waals surface area contributed by atoms with Gasteiger partial charge in [-0.25, -0.2) is 9.50 Å². The molecule has 1 aromatic carbocycles. The van der Waals surface area contributed by atoms with Gasteiger partial charge in [-0.05, 0) is 36.4 Å². The largest absolute Gasteiger partial charge is 0.508 e. The Bertz CT molecular complexity index is 1030. The molecule has 0 saturated heterocycles. The van der Waals surface area contributed by atoms with Crippen molar-refractivity contribution < 1.29 is 9.84 Å². The van der Waals surface area contributed by atoms with E-state index in [0.29, 0.717) is 17.2 Å². The number of phenolic OH excluding ortho intramolecular Hbond substituents is 1. The Morgan fingerprint density at radius 2 is 1.92 bits per heavy atom. The second kappa shape index (κ2) is 6.12. The van der Waals surface area contributed by atoms with E-state index < -0.39 is 0 Å². The summed E-state index contributed by atoms with van der Waals surface area (Å²) in [6.07, 6.45) is 6.99. The number of benzene rings is 1. The first-order valence-corrected chi connectivity index (χ1v) is 7.63. The van der Waals surface area contributed by atoms with E-state index in [1.165, 1.54) is 0 Å². The summed E-state index contributed by atoms with van der Waals surface area (Å²) in [5, 5.41) is 16.9. The van der Waals surface area contributed by atoms with Gasteiger partial charge in [0.05, 0.1) is 19.5 Å². The molecular formula is C18H15N5O2. The highest BCUT2D eigenvalue weighted by atomic mass is 16.5. The number of phenols is 1. The zero-order chi connectivity index (χ0) is 17.2. The van der Waals surface area contributed by atoms with Crippen LogP contribution in [0.25, 0.3) is 16.8 Å². The Balaban J connectivity index is 1.73. The number of aromatic hydroxyl groups is 1. The van der Waals surface area contributed by atoms with E-state index in [0.717, 1.165) is 16.8 Å². The maximum Gasteiger partial charge on any atom is 0.165 e. The van der Waals surface area contributed by atoms with Crippen LogP contribution in [0.1, 0.15) is 0 Å². The molecule has 0 spiro atoms. The van der Waals surface area contributed by atoms with Crippen molar-refractivity contribution in [2.24, 2.45) is 0 Å². The molecule has 0 unspecified atom stereocenters. The molecule has 7 nitrogen and oxygen atoms in total. The van der Waals surface area contributed by atoms with Gasteiger partial charge in [0, 0.05) is 29.2 Å². The number of pyridine rings is 1. The van der Waals surface area contributed by atoms with Crippen LogP contribution in [0, 0.1) is 0 Å². The summed E-state index contributed by atoms with van der Waals surface area (Å²) in [7, 11) is 1.61. The molecule has 4 aromatic rings. The molecule has 4 rings (SSSR count). The first-order chi connectivity index (χ1) is 12.2. The summed E-state index contributed by atoms with van der Waals surface area (Å²) >= 11 is 0. The van der Waals surface area contributed by atoms with E-state index in [-0.39, 0.29) is 5.75 Å². The minimum atomic E-state index is 0.220. The van der Waals surface area contributed by atoms with Crippen LogP contribution in [0.3, 0.4) is 0 Å². The Morgan fingerprint density at radius 3 is 2.72 bits per heavy atom. The minimum absolute atomic E-state index is 0.220. The van der Waals surface area contributed by atoms with Gasteiger partial charge in [0.1, 0.15) is 17.3 Å². The van der Waals surface area contributed by atoms with Crippen LogP contribution in [0.5, 0.6) is 11.5 Å². The smallest absolute Gasteiger partial charge is 0.165 e. The molecule has 0 aliphatic rings. The Hall–Kier alpha value is -3.61. The predicted molar refractivity (Wildman–Crippen MR) is 94.2 cm³/mol. The van der Waals surface area contributed by atoms with Crippen LogP contribution in [-0.2, 0) is 0 Å². The lowest BCUT2D eigenvalue weighted by Gasteiger charge is -2.07. The van der Waals surface area contributed by atoms with E-state index in [9.17, 15) is 5.11 Å². The van der Waals surface area contributed by atoms with E-state index in [2.05, 4.69) is 20.4 Å². The summed E-state index contributed by atoms with van der Waals surface area (Å²) in [4.78, 5) is 8.83. The van der Waals surface area contributed by atoms with Gasteiger partial charge in [0.2, 0.25) is 0 Å². The molecule has 124 valence electrons. The molecule has 3 heterocycles. The van der Waals surface area contributed by atoms with Gasteiger partial charge in [-0.3, -0.25) is 4.98 Å². The molecule has 0 amide bonds. The van der Waals surface area contributed by atoms with Gasteiger partial charge in [0.15, 0.2) is 5.65 Å². The molecule has 25 heavy (non-hydrogen) atoms.